The van der Waals surface area contributed by atoms with Gasteiger partial charge >= 0.3 is 0 Å². The molecule has 0 saturated heterocycles. The molecule has 0 amide bonds. The highest BCUT2D eigenvalue weighted by Crippen LogP contribution is 2.44. The van der Waals surface area contributed by atoms with Crippen molar-refractivity contribution in [2.45, 2.75) is 89.9 Å². The lowest BCUT2D eigenvalue weighted by atomic mass is 9.68. The van der Waals surface area contributed by atoms with E-state index in [0.29, 0.717) is 23.0 Å². The quantitative estimate of drug-likeness (QED) is 0.324. The summed E-state index contributed by atoms with van der Waals surface area (Å²) in [5.41, 5.74) is 14.4. The van der Waals surface area contributed by atoms with Crippen molar-refractivity contribution < 1.29 is 4.74 Å². The van der Waals surface area contributed by atoms with Gasteiger partial charge in [-0.15, -0.1) is 0 Å². The Bertz CT molecular complexity index is 810. The van der Waals surface area contributed by atoms with Gasteiger partial charge in [0, 0.05) is 23.5 Å². The van der Waals surface area contributed by atoms with E-state index in [9.17, 15) is 0 Å². The molecule has 3 heteroatoms. The molecule has 2 saturated carbocycles. The van der Waals surface area contributed by atoms with Gasteiger partial charge in [-0.25, -0.2) is 0 Å². The number of hydrogen-bond acceptors (Lipinski definition) is 3. The van der Waals surface area contributed by atoms with Crippen molar-refractivity contribution in [3.8, 4) is 11.5 Å². The highest BCUT2D eigenvalue weighted by Gasteiger charge is 2.31. The van der Waals surface area contributed by atoms with Gasteiger partial charge in [-0.3, -0.25) is 0 Å². The Balaban J connectivity index is 1.23. The van der Waals surface area contributed by atoms with Crippen molar-refractivity contribution in [3.63, 3.8) is 0 Å². The number of nitrogens with two attached hydrogens (primary N) is 2. The Labute approximate surface area is 194 Å². The van der Waals surface area contributed by atoms with Gasteiger partial charge in [0.1, 0.15) is 11.5 Å². The zero-order valence-corrected chi connectivity index (χ0v) is 19.9. The minimum Gasteiger partial charge on any atom is -0.457 e. The van der Waals surface area contributed by atoms with Crippen LogP contribution in [0.15, 0.2) is 42.5 Å². The van der Waals surface area contributed by atoms with Crippen LogP contribution in [0.5, 0.6) is 11.5 Å². The van der Waals surface area contributed by atoms with Crippen molar-refractivity contribution in [2.24, 2.45) is 17.8 Å². The first-order valence-electron chi connectivity index (χ1n) is 13.0. The van der Waals surface area contributed by atoms with E-state index >= 15 is 0 Å². The predicted octanol–water partition coefficient (Wildman–Crippen LogP) is 8.30. The Morgan fingerprint density at radius 1 is 0.719 bits per heavy atom. The standard InChI is InChI=1S/C29H42N2O/c1-2-3-4-5-21-6-8-22(9-7-21)23-10-12-24(13-11-23)25-14-16-28(17-15-25)32-29-19-26(30)18-27(31)20-29/h14-24H,2-13,30-31H2,1H3. The molecule has 0 atom stereocenters. The zero-order chi connectivity index (χ0) is 22.3. The Hall–Kier alpha value is -2.16. The summed E-state index contributed by atoms with van der Waals surface area (Å²) in [6, 6.07) is 14.0. The molecule has 2 aromatic rings. The summed E-state index contributed by atoms with van der Waals surface area (Å²) in [7, 11) is 0. The van der Waals surface area contributed by atoms with Gasteiger partial charge in [-0.2, -0.15) is 0 Å². The van der Waals surface area contributed by atoms with Crippen LogP contribution >= 0.6 is 0 Å². The number of hydrogen-bond donors (Lipinski definition) is 2. The Kier molecular flexibility index (Phi) is 8.00. The van der Waals surface area contributed by atoms with Gasteiger partial charge in [-0.1, -0.05) is 57.6 Å². The smallest absolute Gasteiger partial charge is 0.131 e. The number of unbranched alkanes of at least 4 members (excludes halogenated alkanes) is 2. The molecule has 2 aliphatic rings. The summed E-state index contributed by atoms with van der Waals surface area (Å²) in [5.74, 6) is 5.23. The van der Waals surface area contributed by atoms with Crippen LogP contribution in [-0.2, 0) is 0 Å². The summed E-state index contributed by atoms with van der Waals surface area (Å²) >= 11 is 0. The summed E-state index contributed by atoms with van der Waals surface area (Å²) in [6.07, 6.45) is 17.2. The third-order valence-electron chi connectivity index (χ3n) is 8.08. The summed E-state index contributed by atoms with van der Waals surface area (Å²) in [6.45, 7) is 2.31. The number of benzene rings is 2. The van der Waals surface area contributed by atoms with Gasteiger partial charge in [0.15, 0.2) is 0 Å². The van der Waals surface area contributed by atoms with Gasteiger partial charge in [0.2, 0.25) is 0 Å². The van der Waals surface area contributed by atoms with E-state index in [0.717, 1.165) is 23.5 Å². The summed E-state index contributed by atoms with van der Waals surface area (Å²) < 4.78 is 5.96. The molecule has 0 radical (unpaired) electrons. The average Bonchev–Trinajstić information content (AvgIpc) is 2.80. The Morgan fingerprint density at radius 3 is 1.91 bits per heavy atom. The fourth-order valence-electron chi connectivity index (χ4n) is 6.20. The molecule has 4 rings (SSSR count). The lowest BCUT2D eigenvalue weighted by Gasteiger charge is -2.38. The molecule has 174 valence electrons. The first kappa shape index (κ1) is 23.0. The first-order valence-corrected chi connectivity index (χ1v) is 13.0. The van der Waals surface area contributed by atoms with Crippen molar-refractivity contribution in [2.75, 3.05) is 11.5 Å². The van der Waals surface area contributed by atoms with E-state index in [2.05, 4.69) is 31.2 Å². The molecule has 0 bridgehead atoms. The minimum absolute atomic E-state index is 0.623. The van der Waals surface area contributed by atoms with Crippen molar-refractivity contribution in [3.05, 3.63) is 48.0 Å². The third-order valence-corrected chi connectivity index (χ3v) is 8.08. The lowest BCUT2D eigenvalue weighted by Crippen LogP contribution is -2.25. The van der Waals surface area contributed by atoms with E-state index in [1.165, 1.54) is 82.6 Å². The van der Waals surface area contributed by atoms with Crippen molar-refractivity contribution >= 4 is 11.4 Å². The average molecular weight is 435 g/mol. The first-order chi connectivity index (χ1) is 15.6. The molecule has 32 heavy (non-hydrogen) atoms. The van der Waals surface area contributed by atoms with E-state index in [1.54, 1.807) is 6.07 Å². The molecule has 4 N–H and O–H groups in total. The van der Waals surface area contributed by atoms with Crippen LogP contribution in [0.3, 0.4) is 0 Å². The SMILES string of the molecule is CCCCCC1CCC(C2CCC(c3ccc(Oc4cc(N)cc(N)c4)cc3)CC2)CC1. The molecule has 2 fully saturated rings. The fourth-order valence-corrected chi connectivity index (χ4v) is 6.20. The molecule has 2 aliphatic carbocycles. The van der Waals surface area contributed by atoms with Gasteiger partial charge in [-0.05, 0) is 86.0 Å². The topological polar surface area (TPSA) is 61.3 Å². The van der Waals surface area contributed by atoms with Gasteiger partial charge in [0.05, 0.1) is 0 Å². The molecular weight excluding hydrogens is 392 g/mol. The number of nitrogen functional groups attached to an aromatic ring is 2. The highest BCUT2D eigenvalue weighted by atomic mass is 16.5. The number of anilines is 2. The molecule has 2 aromatic carbocycles. The second-order valence-electron chi connectivity index (χ2n) is 10.4. The zero-order valence-electron chi connectivity index (χ0n) is 19.9. The number of rotatable bonds is 8. The normalized spacial score (nSPS) is 26.0. The number of ether oxygens (including phenoxy) is 1. The third kappa shape index (κ3) is 6.21. The Morgan fingerprint density at radius 2 is 1.31 bits per heavy atom. The van der Waals surface area contributed by atoms with Gasteiger partial charge in [0.25, 0.3) is 0 Å². The molecule has 3 nitrogen and oxygen atoms in total. The molecule has 0 unspecified atom stereocenters. The largest absolute Gasteiger partial charge is 0.457 e. The summed E-state index contributed by atoms with van der Waals surface area (Å²) in [4.78, 5) is 0. The predicted molar refractivity (Wildman–Crippen MR) is 136 cm³/mol. The maximum absolute atomic E-state index is 5.96. The maximum Gasteiger partial charge on any atom is 0.131 e. The van der Waals surface area contributed by atoms with Crippen LogP contribution in [0.2, 0.25) is 0 Å². The fraction of sp³-hybridized carbons (Fsp3) is 0.586. The van der Waals surface area contributed by atoms with E-state index in [4.69, 9.17) is 16.2 Å². The molecule has 0 aliphatic heterocycles. The minimum atomic E-state index is 0.623. The second kappa shape index (κ2) is 11.1. The molecule has 0 aromatic heterocycles. The maximum atomic E-state index is 5.96. The van der Waals surface area contributed by atoms with Crippen LogP contribution in [0, 0.1) is 17.8 Å². The summed E-state index contributed by atoms with van der Waals surface area (Å²) in [5, 5.41) is 0. The van der Waals surface area contributed by atoms with Crippen LogP contribution in [0.1, 0.15) is 95.5 Å². The highest BCUT2D eigenvalue weighted by molar-refractivity contribution is 5.57. The lowest BCUT2D eigenvalue weighted by molar-refractivity contribution is 0.155. The molecule has 0 heterocycles. The second-order valence-corrected chi connectivity index (χ2v) is 10.4. The van der Waals surface area contributed by atoms with E-state index in [1.807, 2.05) is 12.1 Å². The molecule has 0 spiro atoms. The van der Waals surface area contributed by atoms with Crippen LogP contribution in [-0.4, -0.2) is 0 Å². The van der Waals surface area contributed by atoms with Crippen LogP contribution in [0.4, 0.5) is 11.4 Å². The van der Waals surface area contributed by atoms with E-state index in [-0.39, 0.29) is 0 Å². The van der Waals surface area contributed by atoms with Gasteiger partial charge < -0.3 is 16.2 Å². The van der Waals surface area contributed by atoms with E-state index < -0.39 is 0 Å². The molecular formula is C29H42N2O. The van der Waals surface area contributed by atoms with Crippen molar-refractivity contribution in [1.29, 1.82) is 0 Å². The van der Waals surface area contributed by atoms with Crippen LogP contribution in [0.25, 0.3) is 0 Å². The van der Waals surface area contributed by atoms with Crippen molar-refractivity contribution in [1.82, 2.24) is 0 Å². The van der Waals surface area contributed by atoms with Crippen LogP contribution < -0.4 is 16.2 Å². The monoisotopic (exact) mass is 434 g/mol.